The zero-order valence-corrected chi connectivity index (χ0v) is 34.4. The number of fused-ring (bicyclic) bond motifs is 1. The minimum absolute atomic E-state index is 0.0164. The summed E-state index contributed by atoms with van der Waals surface area (Å²) in [5, 5.41) is 12.0. The van der Waals surface area contributed by atoms with Crippen molar-refractivity contribution >= 4 is 11.2 Å². The van der Waals surface area contributed by atoms with Crippen LogP contribution in [0.4, 0.5) is 0 Å². The Labute approximate surface area is 317 Å². The van der Waals surface area contributed by atoms with E-state index in [0.717, 1.165) is 61.6 Å². The maximum atomic E-state index is 12.0. The maximum absolute atomic E-state index is 12.0. The van der Waals surface area contributed by atoms with Gasteiger partial charge in [-0.3, -0.25) is 4.98 Å². The SMILES string of the molecule is CC(C)n1c(-c2cc(C(C)(C)C)cc(C(C)(C)C)c2O)nc2c(-c3cc(-c4cc(C(C)(C)C)cc(C(C)(C)C)c4)cc(-c4ccccn4)c3)ccnc21. The monoisotopic (exact) mass is 706 g/mol. The van der Waals surface area contributed by atoms with Gasteiger partial charge in [0, 0.05) is 35.1 Å². The smallest absolute Gasteiger partial charge is 0.161 e. The molecular weight excluding hydrogens is 649 g/mol. The highest BCUT2D eigenvalue weighted by Gasteiger charge is 2.29. The lowest BCUT2D eigenvalue weighted by Gasteiger charge is -2.27. The minimum atomic E-state index is -0.266. The number of rotatable bonds is 5. The number of aromatic nitrogens is 4. The van der Waals surface area contributed by atoms with Crippen molar-refractivity contribution in [3.63, 3.8) is 0 Å². The maximum Gasteiger partial charge on any atom is 0.161 e. The predicted octanol–water partition coefficient (Wildman–Crippen LogP) is 13.0. The molecule has 6 rings (SSSR count). The highest BCUT2D eigenvalue weighted by atomic mass is 16.3. The summed E-state index contributed by atoms with van der Waals surface area (Å²) in [5.74, 6) is 0.995. The first kappa shape index (κ1) is 38.0. The summed E-state index contributed by atoms with van der Waals surface area (Å²) in [7, 11) is 0. The second-order valence-corrected chi connectivity index (χ2v) is 19.2. The molecule has 0 saturated heterocycles. The molecule has 0 bridgehead atoms. The number of nitrogens with zero attached hydrogens (tertiary/aromatic N) is 4. The molecule has 276 valence electrons. The Bertz CT molecular complexity index is 2270. The molecule has 3 aromatic heterocycles. The van der Waals surface area contributed by atoms with Gasteiger partial charge >= 0.3 is 0 Å². The number of pyridine rings is 2. The van der Waals surface area contributed by atoms with Crippen LogP contribution in [0.1, 0.15) is 125 Å². The van der Waals surface area contributed by atoms with Crippen LogP contribution in [-0.2, 0) is 21.7 Å². The first-order valence-electron chi connectivity index (χ1n) is 19.0. The minimum Gasteiger partial charge on any atom is -0.507 e. The average Bonchev–Trinajstić information content (AvgIpc) is 3.46. The highest BCUT2D eigenvalue weighted by Crippen LogP contribution is 2.45. The van der Waals surface area contributed by atoms with Gasteiger partial charge in [0.15, 0.2) is 5.65 Å². The van der Waals surface area contributed by atoms with Crippen molar-refractivity contribution in [1.29, 1.82) is 0 Å². The van der Waals surface area contributed by atoms with E-state index >= 15 is 0 Å². The summed E-state index contributed by atoms with van der Waals surface area (Å²) in [6, 6.07) is 26.3. The van der Waals surface area contributed by atoms with E-state index in [1.54, 1.807) is 0 Å². The fourth-order valence-corrected chi connectivity index (χ4v) is 7.00. The lowest BCUT2D eigenvalue weighted by Crippen LogP contribution is -2.17. The molecule has 0 aliphatic carbocycles. The van der Waals surface area contributed by atoms with Gasteiger partial charge in [0.05, 0.1) is 11.3 Å². The van der Waals surface area contributed by atoms with Crippen molar-refractivity contribution in [2.24, 2.45) is 0 Å². The molecule has 0 atom stereocenters. The van der Waals surface area contributed by atoms with Gasteiger partial charge < -0.3 is 9.67 Å². The van der Waals surface area contributed by atoms with Gasteiger partial charge in [0.25, 0.3) is 0 Å². The summed E-state index contributed by atoms with van der Waals surface area (Å²) in [5.41, 5.74) is 12.9. The van der Waals surface area contributed by atoms with E-state index < -0.39 is 0 Å². The van der Waals surface area contributed by atoms with Crippen LogP contribution in [0.15, 0.2) is 85.2 Å². The number of phenolic OH excluding ortho intramolecular Hbond substituents is 1. The second-order valence-electron chi connectivity index (χ2n) is 19.2. The fraction of sp³-hybridized carbons (Fsp3) is 0.396. The number of hydrogen-bond acceptors (Lipinski definition) is 4. The van der Waals surface area contributed by atoms with Gasteiger partial charge in [-0.1, -0.05) is 113 Å². The molecule has 0 unspecified atom stereocenters. The van der Waals surface area contributed by atoms with E-state index in [1.165, 1.54) is 16.7 Å². The zero-order chi connectivity index (χ0) is 38.8. The average molecular weight is 707 g/mol. The highest BCUT2D eigenvalue weighted by molar-refractivity contribution is 5.95. The van der Waals surface area contributed by atoms with Crippen molar-refractivity contribution in [3.05, 3.63) is 107 Å². The normalized spacial score (nSPS) is 13.0. The van der Waals surface area contributed by atoms with E-state index in [0.29, 0.717) is 0 Å². The summed E-state index contributed by atoms with van der Waals surface area (Å²) in [6.45, 7) is 31.1. The van der Waals surface area contributed by atoms with Crippen LogP contribution in [0.5, 0.6) is 5.75 Å². The number of phenols is 1. The number of aromatic hydroxyl groups is 1. The van der Waals surface area contributed by atoms with E-state index in [-0.39, 0.29) is 33.5 Å². The first-order chi connectivity index (χ1) is 24.5. The summed E-state index contributed by atoms with van der Waals surface area (Å²) < 4.78 is 2.18. The molecule has 6 aromatic rings. The third-order valence-electron chi connectivity index (χ3n) is 10.3. The molecule has 0 aliphatic heterocycles. The fourth-order valence-electron chi connectivity index (χ4n) is 7.00. The Morgan fingerprint density at radius 1 is 0.547 bits per heavy atom. The van der Waals surface area contributed by atoms with E-state index in [1.807, 2.05) is 24.5 Å². The molecule has 53 heavy (non-hydrogen) atoms. The number of benzene rings is 3. The van der Waals surface area contributed by atoms with Crippen LogP contribution in [-0.4, -0.2) is 24.6 Å². The molecule has 0 aliphatic rings. The van der Waals surface area contributed by atoms with E-state index in [2.05, 4.69) is 162 Å². The molecule has 3 aromatic carbocycles. The van der Waals surface area contributed by atoms with Crippen LogP contribution in [0.3, 0.4) is 0 Å². The summed E-state index contributed by atoms with van der Waals surface area (Å²) in [6.07, 6.45) is 3.74. The molecular formula is C48H58N4O. The number of hydrogen-bond donors (Lipinski definition) is 1. The van der Waals surface area contributed by atoms with Crippen molar-refractivity contribution < 1.29 is 5.11 Å². The third kappa shape index (κ3) is 7.54. The predicted molar refractivity (Wildman–Crippen MR) is 224 cm³/mol. The molecule has 0 saturated carbocycles. The van der Waals surface area contributed by atoms with Crippen molar-refractivity contribution in [1.82, 2.24) is 19.5 Å². The van der Waals surface area contributed by atoms with Gasteiger partial charge in [-0.15, -0.1) is 0 Å². The van der Waals surface area contributed by atoms with Crippen molar-refractivity contribution in [3.8, 4) is 50.6 Å². The lowest BCUT2D eigenvalue weighted by atomic mass is 9.78. The molecule has 0 fully saturated rings. The zero-order valence-electron chi connectivity index (χ0n) is 34.4. The van der Waals surface area contributed by atoms with E-state index in [9.17, 15) is 5.11 Å². The molecule has 5 nitrogen and oxygen atoms in total. The Morgan fingerprint density at radius 2 is 1.11 bits per heavy atom. The van der Waals surface area contributed by atoms with Crippen LogP contribution < -0.4 is 0 Å². The first-order valence-corrected chi connectivity index (χ1v) is 19.0. The van der Waals surface area contributed by atoms with Gasteiger partial charge in [-0.2, -0.15) is 0 Å². The molecule has 0 spiro atoms. The Balaban J connectivity index is 1.67. The Hall–Kier alpha value is -4.77. The van der Waals surface area contributed by atoms with Gasteiger partial charge in [-0.25, -0.2) is 9.97 Å². The molecule has 0 amide bonds. The lowest BCUT2D eigenvalue weighted by molar-refractivity contribution is 0.445. The second kappa shape index (κ2) is 13.3. The standard InChI is InChI=1S/C48H58N4O/c1-29(2)52-43(38-27-36(47(9,10)11)28-39(42(38)53)48(12,13)14)51-41-37(18-20-50-44(41)52)32-21-30(22-33(23-32)40-17-15-16-19-49-40)31-24-34(45(3,4)5)26-35(25-31)46(6,7)8/h15-29,53H,1-14H3. The molecule has 3 heterocycles. The van der Waals surface area contributed by atoms with Crippen LogP contribution >= 0.6 is 0 Å². The Morgan fingerprint density at radius 3 is 1.66 bits per heavy atom. The quantitative estimate of drug-likeness (QED) is 0.194. The van der Waals surface area contributed by atoms with E-state index in [4.69, 9.17) is 15.0 Å². The topological polar surface area (TPSA) is 63.8 Å². The molecule has 1 N–H and O–H groups in total. The van der Waals surface area contributed by atoms with Gasteiger partial charge in [0.1, 0.15) is 17.1 Å². The van der Waals surface area contributed by atoms with Crippen LogP contribution in [0, 0.1) is 0 Å². The molecule has 0 radical (unpaired) electrons. The van der Waals surface area contributed by atoms with Crippen LogP contribution in [0.25, 0.3) is 56.1 Å². The third-order valence-corrected chi connectivity index (χ3v) is 10.3. The van der Waals surface area contributed by atoms with Crippen LogP contribution in [0.2, 0.25) is 0 Å². The van der Waals surface area contributed by atoms with Gasteiger partial charge in [-0.05, 0) is 111 Å². The number of imidazole rings is 1. The summed E-state index contributed by atoms with van der Waals surface area (Å²) >= 11 is 0. The summed E-state index contributed by atoms with van der Waals surface area (Å²) in [4.78, 5) is 15.1. The van der Waals surface area contributed by atoms with Crippen molar-refractivity contribution in [2.45, 2.75) is 125 Å². The van der Waals surface area contributed by atoms with Crippen molar-refractivity contribution in [2.75, 3.05) is 0 Å². The van der Waals surface area contributed by atoms with Gasteiger partial charge in [0.2, 0.25) is 0 Å². The largest absolute Gasteiger partial charge is 0.507 e. The Kier molecular flexibility index (Phi) is 9.50. The molecule has 5 heteroatoms.